The summed E-state index contributed by atoms with van der Waals surface area (Å²) in [7, 11) is 0. The number of piperidine rings is 1. The lowest BCUT2D eigenvalue weighted by Gasteiger charge is -2.40. The van der Waals surface area contributed by atoms with Gasteiger partial charge in [0.1, 0.15) is 6.04 Å². The van der Waals surface area contributed by atoms with E-state index >= 15 is 0 Å². The largest absolute Gasteiger partial charge is 0.340 e. The number of nitrogens with one attached hydrogen (secondary N) is 2. The quantitative estimate of drug-likeness (QED) is 0.619. The summed E-state index contributed by atoms with van der Waals surface area (Å²) >= 11 is 0. The summed E-state index contributed by atoms with van der Waals surface area (Å²) in [5.41, 5.74) is 3.26. The van der Waals surface area contributed by atoms with Crippen LogP contribution in [0.5, 0.6) is 0 Å². The fourth-order valence-electron chi connectivity index (χ4n) is 6.21. The van der Waals surface area contributed by atoms with E-state index in [1.165, 1.54) is 18.4 Å². The number of amides is 5. The molecule has 2 aromatic rings. The molecule has 2 aromatic carbocycles. The van der Waals surface area contributed by atoms with Crippen LogP contribution in [0.2, 0.25) is 0 Å². The maximum atomic E-state index is 13.5. The standard InChI is InChI=1S/C30H37N5O3/c36-28-27(13-12-23(22-6-2-1-3-7-22)19-34(28)18-21-10-11-21)32-29(37)33-16-14-25(15-17-33)35-20-24-8-4-5-9-26(24)31-30(35)38/h1-9,21,23,25,27H,10-20H2,(H,31,38)(H,32,37)/t23-,27-/m0/s1. The minimum atomic E-state index is -0.489. The lowest BCUT2D eigenvalue weighted by molar-refractivity contribution is -0.133. The first-order valence-corrected chi connectivity index (χ1v) is 14.1. The SMILES string of the molecule is O=C(N[C@H]1CC[C@H](c2ccccc2)CN(CC2CC2)C1=O)N1CCC(N2Cc3ccccc3NC2=O)CC1. The molecule has 4 aliphatic rings. The Hall–Kier alpha value is -3.55. The van der Waals surface area contributed by atoms with Crippen LogP contribution in [-0.2, 0) is 11.3 Å². The van der Waals surface area contributed by atoms with Crippen LogP contribution in [0, 0.1) is 5.92 Å². The Labute approximate surface area is 224 Å². The topological polar surface area (TPSA) is 85.0 Å². The summed E-state index contributed by atoms with van der Waals surface area (Å²) in [6.07, 6.45) is 5.35. The molecule has 6 rings (SSSR count). The van der Waals surface area contributed by atoms with Crippen molar-refractivity contribution in [3.63, 3.8) is 0 Å². The molecule has 2 atom stereocenters. The van der Waals surface area contributed by atoms with Crippen molar-refractivity contribution in [1.82, 2.24) is 20.0 Å². The molecule has 0 unspecified atom stereocenters. The Morgan fingerprint density at radius 1 is 0.895 bits per heavy atom. The highest BCUT2D eigenvalue weighted by Gasteiger charge is 2.37. The third kappa shape index (κ3) is 5.35. The Morgan fingerprint density at radius 3 is 2.39 bits per heavy atom. The molecule has 3 aliphatic heterocycles. The zero-order valence-electron chi connectivity index (χ0n) is 21.9. The highest BCUT2D eigenvalue weighted by molar-refractivity contribution is 5.92. The van der Waals surface area contributed by atoms with Gasteiger partial charge in [0.25, 0.3) is 0 Å². The number of anilines is 1. The molecule has 2 N–H and O–H groups in total. The second-order valence-electron chi connectivity index (χ2n) is 11.3. The molecule has 3 heterocycles. The average Bonchev–Trinajstić information content (AvgIpc) is 3.79. The number of hydrogen-bond acceptors (Lipinski definition) is 3. The molecule has 8 nitrogen and oxygen atoms in total. The molecule has 0 radical (unpaired) electrons. The van der Waals surface area contributed by atoms with Crippen LogP contribution in [0.4, 0.5) is 15.3 Å². The van der Waals surface area contributed by atoms with Gasteiger partial charge >= 0.3 is 12.1 Å². The van der Waals surface area contributed by atoms with Gasteiger partial charge in [-0.1, -0.05) is 48.5 Å². The normalized spacial score (nSPS) is 24.5. The predicted octanol–water partition coefficient (Wildman–Crippen LogP) is 4.39. The van der Waals surface area contributed by atoms with Gasteiger partial charge in [0.2, 0.25) is 5.91 Å². The number of carbonyl (C=O) groups is 3. The van der Waals surface area contributed by atoms with E-state index in [9.17, 15) is 14.4 Å². The van der Waals surface area contributed by atoms with Crippen molar-refractivity contribution in [3.05, 3.63) is 65.7 Å². The minimum absolute atomic E-state index is 0.0576. The smallest absolute Gasteiger partial charge is 0.322 e. The van der Waals surface area contributed by atoms with Crippen molar-refractivity contribution in [2.75, 3.05) is 31.5 Å². The maximum absolute atomic E-state index is 13.5. The summed E-state index contributed by atoms with van der Waals surface area (Å²) in [6, 6.07) is 17.7. The number of hydrogen-bond donors (Lipinski definition) is 2. The van der Waals surface area contributed by atoms with E-state index in [1.807, 2.05) is 45.0 Å². The maximum Gasteiger partial charge on any atom is 0.322 e. The summed E-state index contributed by atoms with van der Waals surface area (Å²) in [6.45, 7) is 3.25. The molecular weight excluding hydrogens is 478 g/mol. The predicted molar refractivity (Wildman–Crippen MR) is 146 cm³/mol. The zero-order valence-corrected chi connectivity index (χ0v) is 21.9. The van der Waals surface area contributed by atoms with E-state index in [0.29, 0.717) is 32.0 Å². The highest BCUT2D eigenvalue weighted by atomic mass is 16.2. The van der Waals surface area contributed by atoms with Gasteiger partial charge in [-0.3, -0.25) is 4.79 Å². The van der Waals surface area contributed by atoms with Crippen molar-refractivity contribution in [2.45, 2.75) is 63.1 Å². The summed E-state index contributed by atoms with van der Waals surface area (Å²) < 4.78 is 0. The number of carbonyl (C=O) groups excluding carboxylic acids is 3. The van der Waals surface area contributed by atoms with Gasteiger partial charge in [0.05, 0.1) is 0 Å². The number of para-hydroxylation sites is 1. The first-order chi connectivity index (χ1) is 18.5. The number of nitrogens with zero attached hydrogens (tertiary/aromatic N) is 3. The Morgan fingerprint density at radius 2 is 1.63 bits per heavy atom. The van der Waals surface area contributed by atoms with Gasteiger partial charge in [-0.2, -0.15) is 0 Å². The molecule has 1 aliphatic carbocycles. The van der Waals surface area contributed by atoms with Crippen LogP contribution in [0.25, 0.3) is 0 Å². The van der Waals surface area contributed by atoms with Crippen molar-refractivity contribution < 1.29 is 14.4 Å². The van der Waals surface area contributed by atoms with Crippen LogP contribution in [0.1, 0.15) is 55.6 Å². The van der Waals surface area contributed by atoms with Crippen molar-refractivity contribution in [2.24, 2.45) is 5.92 Å². The van der Waals surface area contributed by atoms with Crippen LogP contribution in [0.15, 0.2) is 54.6 Å². The number of likely N-dealkylation sites (tertiary alicyclic amines) is 2. The second kappa shape index (κ2) is 10.7. The summed E-state index contributed by atoms with van der Waals surface area (Å²) in [5.74, 6) is 0.947. The van der Waals surface area contributed by atoms with E-state index < -0.39 is 6.04 Å². The molecule has 3 fully saturated rings. The van der Waals surface area contributed by atoms with Crippen LogP contribution in [-0.4, -0.2) is 70.9 Å². The second-order valence-corrected chi connectivity index (χ2v) is 11.3. The van der Waals surface area contributed by atoms with Crippen molar-refractivity contribution in [3.8, 4) is 0 Å². The number of rotatable bonds is 5. The van der Waals surface area contributed by atoms with E-state index in [0.717, 1.165) is 43.6 Å². The average molecular weight is 516 g/mol. The van der Waals surface area contributed by atoms with E-state index in [4.69, 9.17) is 0 Å². The highest BCUT2D eigenvalue weighted by Crippen LogP contribution is 2.34. The third-order valence-corrected chi connectivity index (χ3v) is 8.65. The molecule has 8 heteroatoms. The Balaban J connectivity index is 1.06. The van der Waals surface area contributed by atoms with E-state index in [2.05, 4.69) is 34.9 Å². The third-order valence-electron chi connectivity index (χ3n) is 8.65. The van der Waals surface area contributed by atoms with Crippen molar-refractivity contribution >= 4 is 23.7 Å². The van der Waals surface area contributed by atoms with Gasteiger partial charge in [0, 0.05) is 50.4 Å². The first-order valence-electron chi connectivity index (χ1n) is 14.1. The number of benzene rings is 2. The van der Waals surface area contributed by atoms with Gasteiger partial charge in [-0.05, 0) is 61.6 Å². The molecule has 2 saturated heterocycles. The molecular formula is C30H37N5O3. The van der Waals surface area contributed by atoms with Crippen molar-refractivity contribution in [1.29, 1.82) is 0 Å². The minimum Gasteiger partial charge on any atom is -0.340 e. The fraction of sp³-hybridized carbons (Fsp3) is 0.500. The first kappa shape index (κ1) is 24.8. The fourth-order valence-corrected chi connectivity index (χ4v) is 6.21. The molecule has 0 spiro atoms. The lowest BCUT2D eigenvalue weighted by atomic mass is 9.93. The van der Waals surface area contributed by atoms with Gasteiger partial charge in [0.15, 0.2) is 0 Å². The summed E-state index contributed by atoms with van der Waals surface area (Å²) in [5, 5.41) is 6.09. The van der Waals surface area contributed by atoms with E-state index in [1.54, 1.807) is 0 Å². The van der Waals surface area contributed by atoms with Crippen LogP contribution in [0.3, 0.4) is 0 Å². The molecule has 0 aromatic heterocycles. The van der Waals surface area contributed by atoms with Gasteiger partial charge < -0.3 is 25.3 Å². The molecule has 5 amide bonds. The molecule has 38 heavy (non-hydrogen) atoms. The monoisotopic (exact) mass is 515 g/mol. The molecule has 1 saturated carbocycles. The van der Waals surface area contributed by atoms with E-state index in [-0.39, 0.29) is 29.9 Å². The number of fused-ring (bicyclic) bond motifs is 1. The van der Waals surface area contributed by atoms with Crippen LogP contribution >= 0.6 is 0 Å². The molecule has 200 valence electrons. The Kier molecular flexibility index (Phi) is 6.96. The Bertz CT molecular complexity index is 1180. The number of urea groups is 2. The van der Waals surface area contributed by atoms with Crippen LogP contribution < -0.4 is 10.6 Å². The zero-order chi connectivity index (χ0) is 26.1. The van der Waals surface area contributed by atoms with Gasteiger partial charge in [-0.15, -0.1) is 0 Å². The summed E-state index contributed by atoms with van der Waals surface area (Å²) in [4.78, 5) is 45.3. The lowest BCUT2D eigenvalue weighted by Crippen LogP contribution is -2.55. The van der Waals surface area contributed by atoms with Gasteiger partial charge in [-0.25, -0.2) is 9.59 Å². The molecule has 0 bridgehead atoms.